The fraction of sp³-hybridized carbons (Fsp3) is 0.200. The molecule has 0 fully saturated rings. The van der Waals surface area contributed by atoms with E-state index in [0.29, 0.717) is 12.0 Å². The van der Waals surface area contributed by atoms with Gasteiger partial charge in [-0.05, 0) is 12.5 Å². The van der Waals surface area contributed by atoms with Crippen LogP contribution in [0.5, 0.6) is 0 Å². The molecule has 6 heteroatoms. The van der Waals surface area contributed by atoms with Crippen molar-refractivity contribution in [2.24, 2.45) is 0 Å². The topological polar surface area (TPSA) is 63.4 Å². The Morgan fingerprint density at radius 1 is 1.38 bits per heavy atom. The zero-order chi connectivity index (χ0) is 12.1. The molecule has 0 aliphatic carbocycles. The van der Waals surface area contributed by atoms with Crippen LogP contribution in [0.2, 0.25) is 10.0 Å². The first kappa shape index (κ1) is 13.0. The molecule has 0 radical (unpaired) electrons. The number of nitro groups is 1. The molecular weight excluding hydrogens is 253 g/mol. The highest BCUT2D eigenvalue weighted by molar-refractivity contribution is 6.42. The fourth-order valence-electron chi connectivity index (χ4n) is 1.13. The van der Waals surface area contributed by atoms with Gasteiger partial charge in [0.25, 0.3) is 5.69 Å². The van der Waals surface area contributed by atoms with E-state index in [1.54, 1.807) is 6.08 Å². The van der Waals surface area contributed by atoms with Gasteiger partial charge in [-0.25, -0.2) is 0 Å². The summed E-state index contributed by atoms with van der Waals surface area (Å²) < 4.78 is 0. The average molecular weight is 262 g/mol. The Labute approximate surface area is 102 Å². The van der Waals surface area contributed by atoms with Crippen molar-refractivity contribution < 1.29 is 10.0 Å². The van der Waals surface area contributed by atoms with Crippen LogP contribution in [0.1, 0.15) is 12.0 Å². The van der Waals surface area contributed by atoms with Crippen LogP contribution in [-0.2, 0) is 0 Å². The average Bonchev–Trinajstić information content (AvgIpc) is 2.23. The molecule has 16 heavy (non-hydrogen) atoms. The molecule has 4 nitrogen and oxygen atoms in total. The van der Waals surface area contributed by atoms with E-state index in [9.17, 15) is 10.1 Å². The summed E-state index contributed by atoms with van der Waals surface area (Å²) in [5, 5.41) is 19.7. The van der Waals surface area contributed by atoms with Crippen LogP contribution >= 0.6 is 23.2 Å². The maximum absolute atomic E-state index is 10.7. The zero-order valence-electron chi connectivity index (χ0n) is 8.19. The number of hydrogen-bond donors (Lipinski definition) is 1. The molecule has 0 atom stereocenters. The number of rotatable bonds is 4. The van der Waals surface area contributed by atoms with Gasteiger partial charge in [0.15, 0.2) is 0 Å². The maximum atomic E-state index is 10.7. The third-order valence-electron chi connectivity index (χ3n) is 1.86. The SMILES string of the molecule is O=[N+]([O-])c1cc(Cl)c(Cl)cc1C=CCCO. The number of aliphatic hydroxyl groups is 1. The van der Waals surface area contributed by atoms with Crippen molar-refractivity contribution in [3.05, 3.63) is 43.9 Å². The van der Waals surface area contributed by atoms with Gasteiger partial charge in [0.2, 0.25) is 0 Å². The molecule has 1 aromatic rings. The van der Waals surface area contributed by atoms with Crippen LogP contribution in [-0.4, -0.2) is 16.6 Å². The highest BCUT2D eigenvalue weighted by atomic mass is 35.5. The molecule has 1 aromatic carbocycles. The third kappa shape index (κ3) is 3.20. The molecule has 86 valence electrons. The summed E-state index contributed by atoms with van der Waals surface area (Å²) in [4.78, 5) is 10.2. The standard InChI is InChI=1S/C10H9Cl2NO3/c11-8-5-7(3-1-2-4-14)10(13(15)16)6-9(8)12/h1,3,5-6,14H,2,4H2. The van der Waals surface area contributed by atoms with Gasteiger partial charge in [0.05, 0.1) is 20.5 Å². The molecule has 0 heterocycles. The molecule has 0 bridgehead atoms. The second kappa shape index (κ2) is 5.84. The van der Waals surface area contributed by atoms with Crippen LogP contribution in [0, 0.1) is 10.1 Å². The van der Waals surface area contributed by atoms with E-state index in [1.807, 2.05) is 0 Å². The molecule has 1 rings (SSSR count). The Balaban J connectivity index is 3.14. The Morgan fingerprint density at radius 3 is 2.56 bits per heavy atom. The molecule has 0 unspecified atom stereocenters. The Bertz CT molecular complexity index is 432. The van der Waals surface area contributed by atoms with E-state index in [-0.39, 0.29) is 22.3 Å². The maximum Gasteiger partial charge on any atom is 0.278 e. The lowest BCUT2D eigenvalue weighted by Gasteiger charge is -2.00. The molecule has 0 saturated carbocycles. The van der Waals surface area contributed by atoms with Gasteiger partial charge < -0.3 is 5.11 Å². The first-order valence-corrected chi connectivity index (χ1v) is 5.22. The third-order valence-corrected chi connectivity index (χ3v) is 2.58. The Hall–Kier alpha value is -1.10. The van der Waals surface area contributed by atoms with Crippen LogP contribution in [0.4, 0.5) is 5.69 Å². The van der Waals surface area contributed by atoms with Crippen LogP contribution in [0.25, 0.3) is 6.08 Å². The first-order chi connectivity index (χ1) is 7.56. The van der Waals surface area contributed by atoms with Crippen LogP contribution in [0.15, 0.2) is 18.2 Å². The molecule has 0 saturated heterocycles. The Morgan fingerprint density at radius 2 is 2.00 bits per heavy atom. The van der Waals surface area contributed by atoms with Gasteiger partial charge in [0, 0.05) is 12.7 Å². The van der Waals surface area contributed by atoms with Crippen LogP contribution < -0.4 is 0 Å². The second-order valence-corrected chi connectivity index (χ2v) is 3.81. The predicted molar refractivity (Wildman–Crippen MR) is 63.9 cm³/mol. The van der Waals surface area contributed by atoms with Gasteiger partial charge in [-0.2, -0.15) is 0 Å². The summed E-state index contributed by atoms with van der Waals surface area (Å²) in [5.41, 5.74) is 0.261. The van der Waals surface area contributed by atoms with Gasteiger partial charge >= 0.3 is 0 Å². The summed E-state index contributed by atoms with van der Waals surface area (Å²) >= 11 is 11.5. The first-order valence-electron chi connectivity index (χ1n) is 4.47. The quantitative estimate of drug-likeness (QED) is 0.668. The molecule has 0 spiro atoms. The monoisotopic (exact) mass is 261 g/mol. The fourth-order valence-corrected chi connectivity index (χ4v) is 1.46. The van der Waals surface area contributed by atoms with Crippen molar-refractivity contribution >= 4 is 35.0 Å². The zero-order valence-corrected chi connectivity index (χ0v) is 9.70. The van der Waals surface area contributed by atoms with E-state index < -0.39 is 4.92 Å². The smallest absolute Gasteiger partial charge is 0.278 e. The minimum absolute atomic E-state index is 0.00831. The van der Waals surface area contributed by atoms with Crippen molar-refractivity contribution in [2.45, 2.75) is 6.42 Å². The number of aliphatic hydroxyl groups excluding tert-OH is 1. The van der Waals surface area contributed by atoms with Gasteiger partial charge in [-0.1, -0.05) is 35.4 Å². The second-order valence-electron chi connectivity index (χ2n) is 3.00. The summed E-state index contributed by atoms with van der Waals surface area (Å²) in [7, 11) is 0. The molecule has 0 aliphatic heterocycles. The van der Waals surface area contributed by atoms with E-state index >= 15 is 0 Å². The van der Waals surface area contributed by atoms with Gasteiger partial charge in [-0.3, -0.25) is 10.1 Å². The number of benzene rings is 1. The minimum Gasteiger partial charge on any atom is -0.396 e. The molecule has 0 amide bonds. The molecule has 1 N–H and O–H groups in total. The molecule has 0 aliphatic rings. The van der Waals surface area contributed by atoms with Crippen molar-refractivity contribution in [2.75, 3.05) is 6.61 Å². The van der Waals surface area contributed by atoms with Gasteiger partial charge in [-0.15, -0.1) is 0 Å². The Kier molecular flexibility index (Phi) is 4.73. The molecule has 0 aromatic heterocycles. The van der Waals surface area contributed by atoms with Crippen molar-refractivity contribution in [1.29, 1.82) is 0 Å². The van der Waals surface area contributed by atoms with E-state index in [0.717, 1.165) is 0 Å². The predicted octanol–water partition coefficient (Wildman–Crippen LogP) is 3.30. The highest BCUT2D eigenvalue weighted by Crippen LogP contribution is 2.31. The summed E-state index contributed by atoms with van der Waals surface area (Å²) in [6.07, 6.45) is 3.60. The minimum atomic E-state index is -0.527. The summed E-state index contributed by atoms with van der Waals surface area (Å²) in [6.45, 7) is -0.00831. The number of nitro benzene ring substituents is 1. The van der Waals surface area contributed by atoms with Crippen molar-refractivity contribution in [3.8, 4) is 0 Å². The lowest BCUT2D eigenvalue weighted by Crippen LogP contribution is -1.92. The van der Waals surface area contributed by atoms with Crippen molar-refractivity contribution in [3.63, 3.8) is 0 Å². The normalized spacial score (nSPS) is 10.9. The van der Waals surface area contributed by atoms with Gasteiger partial charge in [0.1, 0.15) is 0 Å². The van der Waals surface area contributed by atoms with Crippen LogP contribution in [0.3, 0.4) is 0 Å². The molecular formula is C10H9Cl2NO3. The van der Waals surface area contributed by atoms with Crippen molar-refractivity contribution in [1.82, 2.24) is 0 Å². The van der Waals surface area contributed by atoms with E-state index in [2.05, 4.69) is 0 Å². The highest BCUT2D eigenvalue weighted by Gasteiger charge is 2.14. The largest absolute Gasteiger partial charge is 0.396 e. The summed E-state index contributed by atoms with van der Waals surface area (Å²) in [6, 6.07) is 2.64. The number of halogens is 2. The lowest BCUT2D eigenvalue weighted by atomic mass is 10.1. The summed E-state index contributed by atoms with van der Waals surface area (Å²) in [5.74, 6) is 0. The van der Waals surface area contributed by atoms with E-state index in [4.69, 9.17) is 28.3 Å². The van der Waals surface area contributed by atoms with E-state index in [1.165, 1.54) is 18.2 Å². The lowest BCUT2D eigenvalue weighted by molar-refractivity contribution is -0.385. The number of hydrogen-bond acceptors (Lipinski definition) is 3. The number of nitrogens with zero attached hydrogens (tertiary/aromatic N) is 1.